The first-order valence-electron chi connectivity index (χ1n) is 6.13. The molecule has 6 nitrogen and oxygen atoms in total. The molecule has 106 valence electrons. The Morgan fingerprint density at radius 1 is 1.47 bits per heavy atom. The molecule has 0 aliphatic carbocycles. The zero-order chi connectivity index (χ0) is 14.1. The number of hydrogen-bond donors (Lipinski definition) is 3. The highest BCUT2D eigenvalue weighted by Gasteiger charge is 2.10. The fourth-order valence-corrected chi connectivity index (χ4v) is 1.65. The molecule has 0 heterocycles. The maximum atomic E-state index is 11.9. The number of nitrogens with one attached hydrogen (secondary N) is 1. The quantitative estimate of drug-likeness (QED) is 0.583. The molecular weight excluding hydrogens is 246 g/mol. The summed E-state index contributed by atoms with van der Waals surface area (Å²) in [5, 5.41) is 11.7. The van der Waals surface area contributed by atoms with Crippen LogP contribution in [0, 0.1) is 0 Å². The Labute approximate surface area is 113 Å². The summed E-state index contributed by atoms with van der Waals surface area (Å²) < 4.78 is 4.96. The van der Waals surface area contributed by atoms with Crippen LogP contribution in [-0.4, -0.2) is 55.9 Å². The smallest absolute Gasteiger partial charge is 0.238 e. The molecule has 0 aliphatic heterocycles. The fourth-order valence-electron chi connectivity index (χ4n) is 1.65. The van der Waals surface area contributed by atoms with Gasteiger partial charge in [0.05, 0.1) is 19.8 Å². The first-order chi connectivity index (χ1) is 9.15. The molecule has 0 aromatic heterocycles. The van der Waals surface area contributed by atoms with Crippen molar-refractivity contribution >= 4 is 17.3 Å². The number of nitrogen functional groups attached to an aromatic ring is 1. The predicted octanol–water partition coefficient (Wildman–Crippen LogP) is 0.148. The molecule has 0 spiro atoms. The monoisotopic (exact) mass is 267 g/mol. The van der Waals surface area contributed by atoms with Crippen LogP contribution < -0.4 is 11.1 Å². The summed E-state index contributed by atoms with van der Waals surface area (Å²) in [4.78, 5) is 13.7. The predicted molar refractivity (Wildman–Crippen MR) is 74.9 cm³/mol. The summed E-state index contributed by atoms with van der Waals surface area (Å²) in [7, 11) is 1.60. The lowest BCUT2D eigenvalue weighted by Crippen LogP contribution is -2.37. The number of benzene rings is 1. The number of carbonyl (C=O) groups excluding carboxylic acids is 1. The zero-order valence-electron chi connectivity index (χ0n) is 11.1. The normalized spacial score (nSPS) is 10.7. The van der Waals surface area contributed by atoms with Crippen molar-refractivity contribution in [3.05, 3.63) is 24.3 Å². The van der Waals surface area contributed by atoms with Crippen LogP contribution in [0.2, 0.25) is 0 Å². The highest BCUT2D eigenvalue weighted by molar-refractivity contribution is 5.92. The van der Waals surface area contributed by atoms with E-state index in [2.05, 4.69) is 5.32 Å². The molecule has 0 radical (unpaired) electrons. The van der Waals surface area contributed by atoms with Crippen LogP contribution in [0.25, 0.3) is 0 Å². The average Bonchev–Trinajstić information content (AvgIpc) is 2.36. The van der Waals surface area contributed by atoms with E-state index >= 15 is 0 Å². The van der Waals surface area contributed by atoms with E-state index in [1.54, 1.807) is 31.4 Å². The van der Waals surface area contributed by atoms with E-state index in [0.717, 1.165) is 0 Å². The van der Waals surface area contributed by atoms with Gasteiger partial charge in [-0.2, -0.15) is 0 Å². The highest BCUT2D eigenvalue weighted by atomic mass is 16.5. The molecular formula is C13H21N3O3. The van der Waals surface area contributed by atoms with Crippen LogP contribution in [0.3, 0.4) is 0 Å². The van der Waals surface area contributed by atoms with Crippen LogP contribution in [0.5, 0.6) is 0 Å². The number of aliphatic hydroxyl groups excluding tert-OH is 1. The number of amides is 1. The van der Waals surface area contributed by atoms with Crippen molar-refractivity contribution in [1.82, 2.24) is 4.90 Å². The third-order valence-electron chi connectivity index (χ3n) is 2.57. The van der Waals surface area contributed by atoms with Gasteiger partial charge in [0.2, 0.25) is 5.91 Å². The molecule has 1 rings (SSSR count). The molecule has 1 aromatic rings. The fraction of sp³-hybridized carbons (Fsp3) is 0.462. The molecule has 1 amide bonds. The second-order valence-corrected chi connectivity index (χ2v) is 4.17. The Balaban J connectivity index is 2.47. The Kier molecular flexibility index (Phi) is 6.88. The molecule has 1 aromatic carbocycles. The van der Waals surface area contributed by atoms with Crippen molar-refractivity contribution < 1.29 is 14.6 Å². The van der Waals surface area contributed by atoms with E-state index in [1.165, 1.54) is 0 Å². The van der Waals surface area contributed by atoms with Crippen LogP contribution in [0.4, 0.5) is 11.4 Å². The summed E-state index contributed by atoms with van der Waals surface area (Å²) in [5.74, 6) is -0.143. The van der Waals surface area contributed by atoms with Gasteiger partial charge in [-0.05, 0) is 18.2 Å². The number of hydrogen-bond acceptors (Lipinski definition) is 5. The molecule has 0 aliphatic rings. The van der Waals surface area contributed by atoms with E-state index in [4.69, 9.17) is 15.6 Å². The van der Waals surface area contributed by atoms with Crippen LogP contribution in [-0.2, 0) is 9.53 Å². The number of nitrogens with two attached hydrogens (primary N) is 1. The van der Waals surface area contributed by atoms with Gasteiger partial charge in [0.25, 0.3) is 0 Å². The van der Waals surface area contributed by atoms with E-state index in [9.17, 15) is 4.79 Å². The number of aliphatic hydroxyl groups is 1. The maximum Gasteiger partial charge on any atom is 0.238 e. The standard InChI is InChI=1S/C13H21N3O3/c1-19-8-6-16(5-7-17)10-13(18)15-12-4-2-3-11(14)9-12/h2-4,9,17H,5-8,10,14H2,1H3,(H,15,18). The summed E-state index contributed by atoms with van der Waals surface area (Å²) in [6, 6.07) is 7.01. The molecule has 0 saturated carbocycles. The van der Waals surface area contributed by atoms with Crippen molar-refractivity contribution in [2.45, 2.75) is 0 Å². The minimum absolute atomic E-state index is 0.00921. The lowest BCUT2D eigenvalue weighted by atomic mass is 10.3. The molecule has 0 unspecified atom stereocenters. The summed E-state index contributed by atoms with van der Waals surface area (Å²) in [5.41, 5.74) is 6.91. The Bertz CT molecular complexity index is 398. The van der Waals surface area contributed by atoms with E-state index in [0.29, 0.717) is 31.1 Å². The van der Waals surface area contributed by atoms with Crippen LogP contribution >= 0.6 is 0 Å². The average molecular weight is 267 g/mol. The van der Waals surface area contributed by atoms with Gasteiger partial charge in [0.15, 0.2) is 0 Å². The SMILES string of the molecule is COCCN(CCO)CC(=O)Nc1cccc(N)c1. The van der Waals surface area contributed by atoms with Gasteiger partial charge in [-0.25, -0.2) is 0 Å². The van der Waals surface area contributed by atoms with Crippen molar-refractivity contribution in [3.63, 3.8) is 0 Å². The highest BCUT2D eigenvalue weighted by Crippen LogP contribution is 2.11. The molecule has 6 heteroatoms. The Morgan fingerprint density at radius 2 is 2.26 bits per heavy atom. The Morgan fingerprint density at radius 3 is 2.89 bits per heavy atom. The van der Waals surface area contributed by atoms with Gasteiger partial charge < -0.3 is 20.9 Å². The topological polar surface area (TPSA) is 87.8 Å². The van der Waals surface area contributed by atoms with E-state index in [1.807, 2.05) is 4.90 Å². The number of anilines is 2. The van der Waals surface area contributed by atoms with Gasteiger partial charge in [-0.3, -0.25) is 9.69 Å². The number of ether oxygens (including phenoxy) is 1. The number of rotatable bonds is 8. The number of nitrogens with zero attached hydrogens (tertiary/aromatic N) is 1. The van der Waals surface area contributed by atoms with Gasteiger partial charge in [-0.1, -0.05) is 6.07 Å². The molecule has 0 atom stereocenters. The summed E-state index contributed by atoms with van der Waals surface area (Å²) in [6.07, 6.45) is 0. The van der Waals surface area contributed by atoms with Gasteiger partial charge in [-0.15, -0.1) is 0 Å². The van der Waals surface area contributed by atoms with Crippen LogP contribution in [0.15, 0.2) is 24.3 Å². The molecule has 0 fully saturated rings. The first kappa shape index (κ1) is 15.4. The Hall–Kier alpha value is -1.63. The summed E-state index contributed by atoms with van der Waals surface area (Å²) >= 11 is 0. The second kappa shape index (κ2) is 8.47. The minimum atomic E-state index is -0.143. The lowest BCUT2D eigenvalue weighted by Gasteiger charge is -2.20. The zero-order valence-corrected chi connectivity index (χ0v) is 11.1. The van der Waals surface area contributed by atoms with E-state index in [-0.39, 0.29) is 19.1 Å². The van der Waals surface area contributed by atoms with Crippen molar-refractivity contribution in [3.8, 4) is 0 Å². The van der Waals surface area contributed by atoms with E-state index < -0.39 is 0 Å². The lowest BCUT2D eigenvalue weighted by molar-refractivity contribution is -0.117. The van der Waals surface area contributed by atoms with Gasteiger partial charge >= 0.3 is 0 Å². The van der Waals surface area contributed by atoms with Crippen molar-refractivity contribution in [2.75, 3.05) is 51.0 Å². The van der Waals surface area contributed by atoms with Gasteiger partial charge in [0.1, 0.15) is 0 Å². The number of methoxy groups -OCH3 is 1. The second-order valence-electron chi connectivity index (χ2n) is 4.17. The van der Waals surface area contributed by atoms with Crippen molar-refractivity contribution in [2.24, 2.45) is 0 Å². The molecule has 0 bridgehead atoms. The molecule has 0 saturated heterocycles. The summed E-state index contributed by atoms with van der Waals surface area (Å²) in [6.45, 7) is 1.77. The maximum absolute atomic E-state index is 11.9. The van der Waals surface area contributed by atoms with Crippen molar-refractivity contribution in [1.29, 1.82) is 0 Å². The molecule has 4 N–H and O–H groups in total. The number of carbonyl (C=O) groups is 1. The minimum Gasteiger partial charge on any atom is -0.399 e. The third-order valence-corrected chi connectivity index (χ3v) is 2.57. The van der Waals surface area contributed by atoms with Crippen LogP contribution in [0.1, 0.15) is 0 Å². The first-order valence-corrected chi connectivity index (χ1v) is 6.13. The largest absolute Gasteiger partial charge is 0.399 e. The van der Waals surface area contributed by atoms with Gasteiger partial charge in [0, 0.05) is 31.6 Å². The third kappa shape index (κ3) is 6.19. The molecule has 19 heavy (non-hydrogen) atoms.